The highest BCUT2D eigenvalue weighted by molar-refractivity contribution is 7.47. The Morgan fingerprint density at radius 3 is 1.91 bits per heavy atom. The summed E-state index contributed by atoms with van der Waals surface area (Å²) < 4.78 is 42.8. The zero-order chi connectivity index (χ0) is 40.2. The number of amides is 1. The van der Waals surface area contributed by atoms with Gasteiger partial charge in [0.05, 0.1) is 57.7 Å². The molecule has 12 nitrogen and oxygen atoms in total. The van der Waals surface area contributed by atoms with Gasteiger partial charge in [-0.3, -0.25) is 14.2 Å². The molecule has 0 aliphatic heterocycles. The summed E-state index contributed by atoms with van der Waals surface area (Å²) in [6, 6.07) is 23.1. The molecule has 5 rings (SSSR count). The summed E-state index contributed by atoms with van der Waals surface area (Å²) in [6.45, 7) is 16.1. The van der Waals surface area contributed by atoms with Crippen molar-refractivity contribution in [2.24, 2.45) is 0 Å². The second kappa shape index (κ2) is 24.1. The Kier molecular flexibility index (Phi) is 19.4. The van der Waals surface area contributed by atoms with Crippen molar-refractivity contribution in [2.75, 3.05) is 72.4 Å². The summed E-state index contributed by atoms with van der Waals surface area (Å²) in [5.74, 6) is 0.0133. The number of hydrogen-bond acceptors (Lipinski definition) is 8. The van der Waals surface area contributed by atoms with Crippen LogP contribution < -0.4 is 9.84 Å². The number of fused-ring (bicyclic) bond motifs is 2. The second-order valence-electron chi connectivity index (χ2n) is 13.0. The molecule has 5 aromatic rings. The number of aromatic nitrogens is 2. The van der Waals surface area contributed by atoms with Crippen molar-refractivity contribution < 1.29 is 37.5 Å². The second-order valence-corrected chi connectivity index (χ2v) is 14.8. The van der Waals surface area contributed by atoms with E-state index in [0.717, 1.165) is 36.0 Å². The number of carbonyl (C=O) groups is 1. The Morgan fingerprint density at radius 1 is 0.750 bits per heavy atom. The zero-order valence-corrected chi connectivity index (χ0v) is 34.8. The summed E-state index contributed by atoms with van der Waals surface area (Å²) in [7, 11) is -4.31. The number of benzene rings is 3. The SMILES string of the molecule is CCN(CC)CC.Cc1cn(CCCn2cc(CC(=O)NCCOCCOCCOCCOP(=O)(O)Oc3ccccc3Cl)c3ccccc32)c2ccccc12. The van der Waals surface area contributed by atoms with Gasteiger partial charge < -0.3 is 38.1 Å². The fourth-order valence-corrected chi connectivity index (χ4v) is 7.26. The van der Waals surface area contributed by atoms with Crippen molar-refractivity contribution in [1.82, 2.24) is 19.4 Å². The molecule has 2 N–H and O–H groups in total. The summed E-state index contributed by atoms with van der Waals surface area (Å²) in [4.78, 5) is 24.9. The molecule has 0 spiro atoms. The van der Waals surface area contributed by atoms with E-state index in [-0.39, 0.29) is 36.5 Å². The monoisotopic (exact) mass is 812 g/mol. The van der Waals surface area contributed by atoms with Crippen molar-refractivity contribution in [2.45, 2.75) is 53.6 Å². The number of phosphoric ester groups is 1. The summed E-state index contributed by atoms with van der Waals surface area (Å²) in [6.07, 6.45) is 5.61. The van der Waals surface area contributed by atoms with Crippen LogP contribution in [0.15, 0.2) is 85.2 Å². The van der Waals surface area contributed by atoms with Gasteiger partial charge in [-0.25, -0.2) is 4.57 Å². The van der Waals surface area contributed by atoms with Gasteiger partial charge in [-0.2, -0.15) is 0 Å². The van der Waals surface area contributed by atoms with Crippen LogP contribution in [0, 0.1) is 6.92 Å². The van der Waals surface area contributed by atoms with Crippen molar-refractivity contribution in [3.63, 3.8) is 0 Å². The molecule has 1 unspecified atom stereocenters. The predicted octanol–water partition coefficient (Wildman–Crippen LogP) is 7.90. The van der Waals surface area contributed by atoms with Crippen molar-refractivity contribution in [3.05, 3.63) is 101 Å². The molecule has 0 saturated carbocycles. The number of para-hydroxylation sites is 3. The topological polar surface area (TPSA) is 126 Å². The van der Waals surface area contributed by atoms with Crippen molar-refractivity contribution in [1.29, 1.82) is 0 Å². The van der Waals surface area contributed by atoms with E-state index in [4.69, 9.17) is 34.9 Å². The van der Waals surface area contributed by atoms with E-state index in [9.17, 15) is 14.3 Å². The third-order valence-electron chi connectivity index (χ3n) is 9.19. The van der Waals surface area contributed by atoms with Crippen LogP contribution in [0.1, 0.15) is 38.3 Å². The standard InChI is InChI=1S/C36H43ClN3O8P.C6H15N/c1-28-26-39(33-12-5-2-9-30(28)33)16-8-17-40-27-29(31-10-3-6-13-34(31)40)25-36(41)38-15-18-44-19-20-45-21-22-46-23-24-47-49(42,43)48-35-14-7-4-11-32(35)37;1-4-7(5-2)6-3/h2-7,9-14,26-27H,8,15-25H2,1H3,(H,38,41)(H,42,43);4-6H2,1-3H3. The molecule has 1 amide bonds. The first-order chi connectivity index (χ1) is 27.2. The highest BCUT2D eigenvalue weighted by atomic mass is 35.5. The van der Waals surface area contributed by atoms with Crippen LogP contribution >= 0.6 is 19.4 Å². The fraction of sp³-hybridized carbons (Fsp3) is 0.452. The van der Waals surface area contributed by atoms with Gasteiger partial charge >= 0.3 is 7.82 Å². The number of ether oxygens (including phenoxy) is 3. The lowest BCUT2D eigenvalue weighted by atomic mass is 10.1. The van der Waals surface area contributed by atoms with Crippen LogP contribution in [0.5, 0.6) is 5.75 Å². The van der Waals surface area contributed by atoms with Crippen LogP contribution in [-0.4, -0.2) is 97.3 Å². The summed E-state index contributed by atoms with van der Waals surface area (Å²) in [5, 5.41) is 5.54. The van der Waals surface area contributed by atoms with E-state index in [2.05, 4.69) is 95.8 Å². The maximum Gasteiger partial charge on any atom is 0.527 e. The third kappa shape index (κ3) is 14.7. The minimum Gasteiger partial charge on any atom is -0.403 e. The number of nitrogens with one attached hydrogen (secondary N) is 1. The molecule has 56 heavy (non-hydrogen) atoms. The Labute approximate surface area is 336 Å². The van der Waals surface area contributed by atoms with Crippen LogP contribution in [0.25, 0.3) is 21.8 Å². The van der Waals surface area contributed by atoms with Crippen LogP contribution in [-0.2, 0) is 47.6 Å². The van der Waals surface area contributed by atoms with Crippen LogP contribution in [0.3, 0.4) is 0 Å². The summed E-state index contributed by atoms with van der Waals surface area (Å²) in [5.41, 5.74) is 4.69. The van der Waals surface area contributed by atoms with Gasteiger partial charge in [-0.1, -0.05) is 80.9 Å². The molecule has 0 bridgehead atoms. The molecular formula is C42H58ClN4O8P. The number of aryl methyl sites for hydroxylation is 3. The zero-order valence-electron chi connectivity index (χ0n) is 33.2. The molecule has 1 atom stereocenters. The Bertz CT molecular complexity index is 1960. The average molecular weight is 813 g/mol. The molecule has 0 radical (unpaired) electrons. The molecular weight excluding hydrogens is 755 g/mol. The van der Waals surface area contributed by atoms with Gasteiger partial charge in [0.15, 0.2) is 0 Å². The number of hydrogen-bond donors (Lipinski definition) is 2. The van der Waals surface area contributed by atoms with E-state index in [1.807, 2.05) is 12.1 Å². The number of nitrogens with zero attached hydrogens (tertiary/aromatic N) is 3. The van der Waals surface area contributed by atoms with E-state index in [1.54, 1.807) is 18.2 Å². The Hall–Kier alpha value is -3.71. The molecule has 0 fully saturated rings. The highest BCUT2D eigenvalue weighted by Gasteiger charge is 2.24. The third-order valence-corrected chi connectivity index (χ3v) is 10.4. The van der Waals surface area contributed by atoms with Gasteiger partial charge in [0.2, 0.25) is 5.91 Å². The molecule has 306 valence electrons. The van der Waals surface area contributed by atoms with Crippen molar-refractivity contribution >= 4 is 47.1 Å². The highest BCUT2D eigenvalue weighted by Crippen LogP contribution is 2.45. The fourth-order valence-electron chi connectivity index (χ4n) is 6.27. The van der Waals surface area contributed by atoms with E-state index in [0.29, 0.717) is 39.4 Å². The lowest BCUT2D eigenvalue weighted by Gasteiger charge is -2.14. The molecule has 3 aromatic carbocycles. The molecule has 14 heteroatoms. The predicted molar refractivity (Wildman–Crippen MR) is 224 cm³/mol. The number of phosphoric acid groups is 1. The summed E-state index contributed by atoms with van der Waals surface area (Å²) >= 11 is 5.92. The van der Waals surface area contributed by atoms with Crippen LogP contribution in [0.2, 0.25) is 5.02 Å². The maximum absolute atomic E-state index is 12.8. The molecule has 0 aliphatic rings. The number of halogens is 1. The number of carbonyl (C=O) groups excluding carboxylic acids is 1. The van der Waals surface area contributed by atoms with Crippen molar-refractivity contribution in [3.8, 4) is 5.75 Å². The molecule has 2 aromatic heterocycles. The first-order valence-electron chi connectivity index (χ1n) is 19.4. The minimum atomic E-state index is -4.31. The molecule has 0 saturated heterocycles. The number of rotatable bonds is 24. The maximum atomic E-state index is 12.8. The molecule has 2 heterocycles. The smallest absolute Gasteiger partial charge is 0.403 e. The Morgan fingerprint density at radius 2 is 1.29 bits per heavy atom. The minimum absolute atomic E-state index is 0.0499. The first-order valence-corrected chi connectivity index (χ1v) is 21.3. The van der Waals surface area contributed by atoms with E-state index < -0.39 is 7.82 Å². The largest absolute Gasteiger partial charge is 0.527 e. The average Bonchev–Trinajstić information content (AvgIpc) is 3.71. The first kappa shape index (κ1) is 45.0. The molecule has 0 aliphatic carbocycles. The quantitative estimate of drug-likeness (QED) is 0.0473. The lowest BCUT2D eigenvalue weighted by Crippen LogP contribution is -2.29. The van der Waals surface area contributed by atoms with Gasteiger partial charge in [-0.15, -0.1) is 0 Å². The van der Waals surface area contributed by atoms with Gasteiger partial charge in [0.1, 0.15) is 5.75 Å². The van der Waals surface area contributed by atoms with Crippen LogP contribution in [0.4, 0.5) is 0 Å². The normalized spacial score (nSPS) is 12.5. The van der Waals surface area contributed by atoms with E-state index in [1.165, 1.54) is 42.2 Å². The van der Waals surface area contributed by atoms with Gasteiger partial charge in [-0.05, 0) is 68.4 Å². The lowest BCUT2D eigenvalue weighted by molar-refractivity contribution is -0.120. The Balaban J connectivity index is 0.000000908. The van der Waals surface area contributed by atoms with Gasteiger partial charge in [0.25, 0.3) is 0 Å². The van der Waals surface area contributed by atoms with E-state index >= 15 is 0 Å². The van der Waals surface area contributed by atoms with Gasteiger partial charge in [0, 0.05) is 53.8 Å².